The molecule has 4 rings (SSSR count). The Labute approximate surface area is 186 Å². The minimum Gasteiger partial charge on any atom is -0.493 e. The van der Waals surface area contributed by atoms with Crippen molar-refractivity contribution in [1.29, 1.82) is 0 Å². The van der Waals surface area contributed by atoms with E-state index in [1.54, 1.807) is 14.2 Å². The first-order chi connectivity index (χ1) is 14.7. The van der Waals surface area contributed by atoms with Crippen LogP contribution in [0.1, 0.15) is 5.89 Å². The van der Waals surface area contributed by atoms with E-state index >= 15 is 0 Å². The molecule has 152 valence electrons. The molecule has 0 fully saturated rings. The van der Waals surface area contributed by atoms with Crippen molar-refractivity contribution >= 4 is 27.7 Å². The third kappa shape index (κ3) is 4.63. The first-order valence-corrected chi connectivity index (χ1v) is 10.7. The number of hydrogen-bond donors (Lipinski definition) is 0. The van der Waals surface area contributed by atoms with E-state index in [2.05, 4.69) is 36.3 Å². The van der Waals surface area contributed by atoms with Crippen molar-refractivity contribution in [2.75, 3.05) is 14.2 Å². The van der Waals surface area contributed by atoms with Crippen LogP contribution in [-0.2, 0) is 5.75 Å². The van der Waals surface area contributed by atoms with Gasteiger partial charge in [0.25, 0.3) is 0 Å². The van der Waals surface area contributed by atoms with Gasteiger partial charge in [0.05, 0.1) is 25.7 Å². The lowest BCUT2D eigenvalue weighted by Gasteiger charge is -2.09. The van der Waals surface area contributed by atoms with Crippen LogP contribution in [0.2, 0.25) is 0 Å². The van der Waals surface area contributed by atoms with Crippen LogP contribution in [0.15, 0.2) is 68.6 Å². The third-order valence-electron chi connectivity index (χ3n) is 4.23. The highest BCUT2D eigenvalue weighted by Crippen LogP contribution is 2.32. The van der Waals surface area contributed by atoms with Gasteiger partial charge in [-0.1, -0.05) is 32.8 Å². The Bertz CT molecular complexity index is 1130. The minimum absolute atomic E-state index is 0.508. The molecule has 0 N–H and O–H groups in total. The molecule has 0 aliphatic rings. The van der Waals surface area contributed by atoms with E-state index in [0.717, 1.165) is 26.3 Å². The Balaban J connectivity index is 1.41. The molecule has 30 heavy (non-hydrogen) atoms. The van der Waals surface area contributed by atoms with Crippen LogP contribution in [0.3, 0.4) is 0 Å². The lowest BCUT2D eigenvalue weighted by Crippen LogP contribution is -1.93. The average Bonchev–Trinajstić information content (AvgIpc) is 3.27. The minimum atomic E-state index is 0.508. The van der Waals surface area contributed by atoms with Gasteiger partial charge in [0.1, 0.15) is 5.03 Å². The van der Waals surface area contributed by atoms with E-state index in [1.807, 2.05) is 54.6 Å². The van der Waals surface area contributed by atoms with Crippen LogP contribution >= 0.6 is 27.7 Å². The number of hydrogen-bond acceptors (Lipinski definition) is 8. The van der Waals surface area contributed by atoms with Gasteiger partial charge in [-0.2, -0.15) is 4.98 Å². The van der Waals surface area contributed by atoms with E-state index in [-0.39, 0.29) is 0 Å². The lowest BCUT2D eigenvalue weighted by atomic mass is 10.1. The van der Waals surface area contributed by atoms with E-state index in [0.29, 0.717) is 29.0 Å². The van der Waals surface area contributed by atoms with Crippen molar-refractivity contribution in [3.63, 3.8) is 0 Å². The molecule has 4 aromatic rings. The molecule has 0 atom stereocenters. The molecule has 2 heterocycles. The second kappa shape index (κ2) is 9.27. The molecular weight excluding hydrogens is 468 g/mol. The zero-order valence-electron chi connectivity index (χ0n) is 16.2. The molecule has 0 amide bonds. The van der Waals surface area contributed by atoms with Gasteiger partial charge in [-0.25, -0.2) is 0 Å². The van der Waals surface area contributed by atoms with Gasteiger partial charge in [-0.3, -0.25) is 0 Å². The molecule has 0 saturated heterocycles. The fourth-order valence-corrected chi connectivity index (χ4v) is 3.63. The van der Waals surface area contributed by atoms with Crippen molar-refractivity contribution < 1.29 is 14.0 Å². The monoisotopic (exact) mass is 484 g/mol. The normalized spacial score (nSPS) is 10.8. The van der Waals surface area contributed by atoms with Crippen molar-refractivity contribution in [3.05, 3.63) is 65.0 Å². The van der Waals surface area contributed by atoms with Gasteiger partial charge >= 0.3 is 0 Å². The number of methoxy groups -OCH3 is 2. The Morgan fingerprint density at radius 3 is 2.37 bits per heavy atom. The highest BCUT2D eigenvalue weighted by Gasteiger charge is 2.11. The summed E-state index contributed by atoms with van der Waals surface area (Å²) in [7, 11) is 3.21. The Hall–Kier alpha value is -2.91. The van der Waals surface area contributed by atoms with Gasteiger partial charge in [0.15, 0.2) is 11.5 Å². The predicted octanol–water partition coefficient (Wildman–Crippen LogP) is 5.27. The standard InChI is InChI=1S/C21H17BrN4O3S/c1-27-17-9-5-14(11-18(17)28-2)16-8-10-20(25-24-16)30-12-19-23-21(26-29-19)13-3-6-15(22)7-4-13/h3-11H,12H2,1-2H3. The first-order valence-electron chi connectivity index (χ1n) is 8.93. The molecule has 9 heteroatoms. The second-order valence-electron chi connectivity index (χ2n) is 6.13. The van der Waals surface area contributed by atoms with Crippen molar-refractivity contribution in [3.8, 4) is 34.1 Å². The molecule has 0 radical (unpaired) electrons. The SMILES string of the molecule is COc1ccc(-c2ccc(SCc3nc(-c4ccc(Br)cc4)no3)nn2)cc1OC. The largest absolute Gasteiger partial charge is 0.493 e. The Morgan fingerprint density at radius 1 is 0.900 bits per heavy atom. The summed E-state index contributed by atoms with van der Waals surface area (Å²) in [6.07, 6.45) is 0. The van der Waals surface area contributed by atoms with Gasteiger partial charge in [0.2, 0.25) is 11.7 Å². The highest BCUT2D eigenvalue weighted by atomic mass is 79.9. The summed E-state index contributed by atoms with van der Waals surface area (Å²) in [5.74, 6) is 2.92. The van der Waals surface area contributed by atoms with Gasteiger partial charge < -0.3 is 14.0 Å². The maximum atomic E-state index is 5.35. The smallest absolute Gasteiger partial charge is 0.237 e. The Morgan fingerprint density at radius 2 is 1.67 bits per heavy atom. The number of aromatic nitrogens is 4. The molecule has 0 spiro atoms. The number of halogens is 1. The molecule has 0 bridgehead atoms. The third-order valence-corrected chi connectivity index (χ3v) is 5.67. The number of ether oxygens (including phenoxy) is 2. The summed E-state index contributed by atoms with van der Waals surface area (Å²) in [5, 5.41) is 13.4. The molecule has 0 aliphatic carbocycles. The summed E-state index contributed by atoms with van der Waals surface area (Å²) < 4.78 is 17.0. The van der Waals surface area contributed by atoms with E-state index in [1.165, 1.54) is 11.8 Å². The van der Waals surface area contributed by atoms with Crippen molar-refractivity contribution in [2.45, 2.75) is 10.8 Å². The van der Waals surface area contributed by atoms with Gasteiger partial charge in [0, 0.05) is 15.6 Å². The highest BCUT2D eigenvalue weighted by molar-refractivity contribution is 9.10. The van der Waals surface area contributed by atoms with Crippen molar-refractivity contribution in [1.82, 2.24) is 20.3 Å². The Kier molecular flexibility index (Phi) is 6.29. The number of nitrogens with zero attached hydrogens (tertiary/aromatic N) is 4. The molecule has 0 aliphatic heterocycles. The van der Waals surface area contributed by atoms with Gasteiger partial charge in [-0.15, -0.1) is 10.2 Å². The molecule has 0 saturated carbocycles. The number of benzene rings is 2. The number of rotatable bonds is 7. The van der Waals surface area contributed by atoms with Crippen LogP contribution in [0.25, 0.3) is 22.6 Å². The first kappa shape index (κ1) is 20.4. The summed E-state index contributed by atoms with van der Waals surface area (Å²) >= 11 is 4.90. The fraction of sp³-hybridized carbons (Fsp3) is 0.143. The molecule has 0 unspecified atom stereocenters. The summed E-state index contributed by atoms with van der Waals surface area (Å²) in [6.45, 7) is 0. The van der Waals surface area contributed by atoms with Crippen LogP contribution in [-0.4, -0.2) is 34.6 Å². The van der Waals surface area contributed by atoms with Crippen LogP contribution in [0, 0.1) is 0 Å². The van der Waals surface area contributed by atoms with Gasteiger partial charge in [-0.05, 0) is 54.6 Å². The average molecular weight is 485 g/mol. The van der Waals surface area contributed by atoms with Crippen LogP contribution in [0.4, 0.5) is 0 Å². The second-order valence-corrected chi connectivity index (χ2v) is 8.05. The summed E-state index contributed by atoms with van der Waals surface area (Å²) in [5.41, 5.74) is 2.54. The maximum absolute atomic E-state index is 5.35. The van der Waals surface area contributed by atoms with E-state index < -0.39 is 0 Å². The number of thioether (sulfide) groups is 1. The predicted molar refractivity (Wildman–Crippen MR) is 118 cm³/mol. The molecular formula is C21H17BrN4O3S. The molecule has 2 aromatic carbocycles. The van der Waals surface area contributed by atoms with Crippen molar-refractivity contribution in [2.24, 2.45) is 0 Å². The van der Waals surface area contributed by atoms with Crippen LogP contribution < -0.4 is 9.47 Å². The zero-order valence-corrected chi connectivity index (χ0v) is 18.6. The summed E-state index contributed by atoms with van der Waals surface area (Å²) in [6, 6.07) is 17.2. The quantitative estimate of drug-likeness (QED) is 0.328. The zero-order chi connectivity index (χ0) is 20.9. The topological polar surface area (TPSA) is 83.2 Å². The summed E-state index contributed by atoms with van der Waals surface area (Å²) in [4.78, 5) is 4.44. The van der Waals surface area contributed by atoms with E-state index in [4.69, 9.17) is 14.0 Å². The lowest BCUT2D eigenvalue weighted by molar-refractivity contribution is 0.355. The molecule has 2 aromatic heterocycles. The van der Waals surface area contributed by atoms with E-state index in [9.17, 15) is 0 Å². The molecule has 7 nitrogen and oxygen atoms in total. The maximum Gasteiger partial charge on any atom is 0.237 e. The fourth-order valence-electron chi connectivity index (χ4n) is 2.71. The van der Waals surface area contributed by atoms with Crippen LogP contribution in [0.5, 0.6) is 11.5 Å².